The summed E-state index contributed by atoms with van der Waals surface area (Å²) < 4.78 is 47.4. The summed E-state index contributed by atoms with van der Waals surface area (Å²) in [5, 5.41) is 0. The normalized spacial score (nSPS) is 15.8. The molecule has 0 fully saturated rings. The second kappa shape index (κ2) is 15.6. The average molecular weight is 933 g/mol. The van der Waals surface area contributed by atoms with Crippen molar-refractivity contribution in [3.63, 3.8) is 0 Å². The Kier molecular flexibility index (Phi) is 9.37. The lowest BCUT2D eigenvalue weighted by atomic mass is 9.33. The van der Waals surface area contributed by atoms with Crippen molar-refractivity contribution in [3.8, 4) is 0 Å². The molecule has 0 spiro atoms. The van der Waals surface area contributed by atoms with Crippen LogP contribution in [0.2, 0.25) is 0 Å². The van der Waals surface area contributed by atoms with Gasteiger partial charge in [0.05, 0.1) is 28.3 Å². The quantitative estimate of drug-likeness (QED) is 0.154. The maximum absolute atomic E-state index is 15.8. The molecule has 0 bridgehead atoms. The molecule has 9 aromatic rings. The minimum Gasteiger partial charge on any atom is -0.316 e. The number of benzene rings is 9. The predicted octanol–water partition coefficient (Wildman–Crippen LogP) is 14.8. The molecule has 10 heteroatoms. The number of nitrogens with zero attached hydrogens (tertiary/aromatic N) is 6. The first-order chi connectivity index (χ1) is 34.4. The first-order valence-corrected chi connectivity index (χ1v) is 24.1. The van der Waals surface area contributed by atoms with Gasteiger partial charge in [-0.2, -0.15) is 13.2 Å². The van der Waals surface area contributed by atoms with Crippen LogP contribution in [0.5, 0.6) is 0 Å². The van der Waals surface area contributed by atoms with E-state index in [-0.39, 0.29) is 0 Å². The van der Waals surface area contributed by atoms with Crippen molar-refractivity contribution in [1.82, 2.24) is 0 Å². The molecular formula is C61H48BF3N6. The third-order valence-electron chi connectivity index (χ3n) is 14.8. The fraction of sp³-hybridized carbons (Fsp3) is 0.115. The number of para-hydroxylation sites is 6. The highest BCUT2D eigenvalue weighted by molar-refractivity contribution is 7.00. The highest BCUT2D eigenvalue weighted by Gasteiger charge is 2.52. The van der Waals surface area contributed by atoms with Gasteiger partial charge in [0, 0.05) is 56.9 Å². The molecule has 4 aliphatic rings. The molecule has 4 aliphatic heterocycles. The van der Waals surface area contributed by atoms with Gasteiger partial charge in [0.2, 0.25) is 0 Å². The van der Waals surface area contributed by atoms with Crippen LogP contribution in [0.25, 0.3) is 0 Å². The van der Waals surface area contributed by atoms with Crippen molar-refractivity contribution in [3.05, 3.63) is 224 Å². The van der Waals surface area contributed by atoms with Gasteiger partial charge in [0.25, 0.3) is 6.71 Å². The monoisotopic (exact) mass is 932 g/mol. The summed E-state index contributed by atoms with van der Waals surface area (Å²) in [6.07, 6.45) is -4.66. The van der Waals surface area contributed by atoms with E-state index in [1.165, 1.54) is 12.1 Å². The maximum Gasteiger partial charge on any atom is 0.416 e. The Morgan fingerprint density at radius 1 is 0.324 bits per heavy atom. The standard InChI is InChI=1S/C61H48BF3N6/c1-59(2)68(44-27-15-7-16-28-44)52-37-48-50(39-54(52)70(59)46-31-19-9-20-32-46)66(42-23-11-5-12-24-42)56-35-41(61(63,64)65)36-57-58(56)62(48)49-38-53-55(40-51(49)67(57)43-25-13-6-14-26-43)71(47-33-21-10-22-34-47)60(3,4)69(53)45-29-17-8-18-30-45/h5-40H,1-4H3. The molecule has 0 unspecified atom stereocenters. The number of rotatable bonds is 6. The first kappa shape index (κ1) is 42.7. The molecule has 0 aromatic heterocycles. The van der Waals surface area contributed by atoms with Crippen molar-refractivity contribution in [2.24, 2.45) is 0 Å². The Bertz CT molecular complexity index is 3280. The molecule has 0 saturated carbocycles. The van der Waals surface area contributed by atoms with Crippen LogP contribution >= 0.6 is 0 Å². The van der Waals surface area contributed by atoms with E-state index < -0.39 is 29.8 Å². The van der Waals surface area contributed by atoms with Crippen LogP contribution in [0.1, 0.15) is 33.3 Å². The second-order valence-electron chi connectivity index (χ2n) is 19.7. The summed E-state index contributed by atoms with van der Waals surface area (Å²) in [4.78, 5) is 13.7. The molecule has 4 heterocycles. The van der Waals surface area contributed by atoms with Gasteiger partial charge in [-0.05, 0) is 153 Å². The van der Waals surface area contributed by atoms with E-state index in [0.29, 0.717) is 11.4 Å². The van der Waals surface area contributed by atoms with Gasteiger partial charge < -0.3 is 29.4 Å². The van der Waals surface area contributed by atoms with Gasteiger partial charge in [-0.25, -0.2) is 0 Å². The highest BCUT2D eigenvalue weighted by atomic mass is 19.4. The maximum atomic E-state index is 15.8. The average Bonchev–Trinajstić information content (AvgIpc) is 3.76. The van der Waals surface area contributed by atoms with E-state index in [4.69, 9.17) is 0 Å². The van der Waals surface area contributed by atoms with E-state index in [0.717, 1.165) is 84.6 Å². The van der Waals surface area contributed by atoms with E-state index in [1.807, 2.05) is 84.9 Å². The lowest BCUT2D eigenvalue weighted by Gasteiger charge is -2.45. The smallest absolute Gasteiger partial charge is 0.316 e. The number of alkyl halides is 3. The molecule has 0 atom stereocenters. The molecular weight excluding hydrogens is 885 g/mol. The summed E-state index contributed by atoms with van der Waals surface area (Å²) in [5.74, 6) is 0. The molecule has 0 N–H and O–H groups in total. The molecule has 346 valence electrons. The largest absolute Gasteiger partial charge is 0.416 e. The number of hydrogen-bond acceptors (Lipinski definition) is 6. The summed E-state index contributed by atoms with van der Waals surface area (Å²) in [5.41, 5.74) is 12.9. The zero-order valence-corrected chi connectivity index (χ0v) is 39.7. The van der Waals surface area contributed by atoms with Gasteiger partial charge >= 0.3 is 6.18 Å². The summed E-state index contributed by atoms with van der Waals surface area (Å²) in [7, 11) is 0. The molecule has 9 aromatic carbocycles. The van der Waals surface area contributed by atoms with Crippen molar-refractivity contribution >= 4 is 103 Å². The fourth-order valence-corrected chi connectivity index (χ4v) is 12.1. The van der Waals surface area contributed by atoms with E-state index in [9.17, 15) is 0 Å². The number of anilines is 14. The lowest BCUT2D eigenvalue weighted by molar-refractivity contribution is -0.137. The predicted molar refractivity (Wildman–Crippen MR) is 288 cm³/mol. The van der Waals surface area contributed by atoms with Crippen molar-refractivity contribution < 1.29 is 13.2 Å². The Morgan fingerprint density at radius 2 is 0.592 bits per heavy atom. The number of halogens is 3. The molecule has 71 heavy (non-hydrogen) atoms. The SMILES string of the molecule is CC1(C)N(c2ccccc2)c2cc3c(cc2N1c1ccccc1)N(c1ccccc1)c1cc(C(F)(F)F)cc2c1B3c1cc3c(cc1N2c1ccccc1)N(c1ccccc1)C(C)(C)N3c1ccccc1. The zero-order valence-electron chi connectivity index (χ0n) is 39.7. The minimum absolute atomic E-state index is 0.486. The van der Waals surface area contributed by atoms with Gasteiger partial charge in [0.15, 0.2) is 0 Å². The highest BCUT2D eigenvalue weighted by Crippen LogP contribution is 2.58. The topological polar surface area (TPSA) is 19.4 Å². The van der Waals surface area contributed by atoms with Crippen LogP contribution in [0.15, 0.2) is 218 Å². The molecule has 6 nitrogen and oxygen atoms in total. The van der Waals surface area contributed by atoms with Crippen LogP contribution in [0, 0.1) is 0 Å². The van der Waals surface area contributed by atoms with E-state index in [1.54, 1.807) is 0 Å². The molecule has 0 saturated heterocycles. The third kappa shape index (κ3) is 6.36. The van der Waals surface area contributed by atoms with Crippen LogP contribution < -0.4 is 45.8 Å². The summed E-state index contributed by atoms with van der Waals surface area (Å²) in [6, 6.07) is 73.3. The fourth-order valence-electron chi connectivity index (χ4n) is 12.1. The van der Waals surface area contributed by atoms with Gasteiger partial charge in [0.1, 0.15) is 11.3 Å². The third-order valence-corrected chi connectivity index (χ3v) is 14.8. The Morgan fingerprint density at radius 3 is 0.873 bits per heavy atom. The van der Waals surface area contributed by atoms with Crippen LogP contribution in [0.3, 0.4) is 0 Å². The number of hydrogen-bond donors (Lipinski definition) is 0. The van der Waals surface area contributed by atoms with E-state index >= 15 is 13.2 Å². The molecule has 13 rings (SSSR count). The minimum atomic E-state index is -4.66. The second-order valence-corrected chi connectivity index (χ2v) is 19.7. The Balaban J connectivity index is 1.18. The van der Waals surface area contributed by atoms with E-state index in [2.05, 4.69) is 178 Å². The van der Waals surface area contributed by atoms with Crippen LogP contribution in [0.4, 0.5) is 92.8 Å². The van der Waals surface area contributed by atoms with Gasteiger partial charge in [-0.3, -0.25) is 0 Å². The van der Waals surface area contributed by atoms with Crippen molar-refractivity contribution in [1.29, 1.82) is 0 Å². The van der Waals surface area contributed by atoms with Crippen LogP contribution in [-0.4, -0.2) is 18.0 Å². The molecule has 0 amide bonds. The summed E-state index contributed by atoms with van der Waals surface area (Å²) >= 11 is 0. The van der Waals surface area contributed by atoms with Gasteiger partial charge in [-0.15, -0.1) is 0 Å². The summed E-state index contributed by atoms with van der Waals surface area (Å²) in [6.45, 7) is 8.44. The molecule has 0 radical (unpaired) electrons. The zero-order chi connectivity index (χ0) is 48.4. The Hall–Kier alpha value is -8.37. The first-order valence-electron chi connectivity index (χ1n) is 24.1. The number of fused-ring (bicyclic) bond motifs is 6. The lowest BCUT2D eigenvalue weighted by Crippen LogP contribution is -2.61. The Labute approximate surface area is 412 Å². The molecule has 0 aliphatic carbocycles. The van der Waals surface area contributed by atoms with Crippen molar-refractivity contribution in [2.75, 3.05) is 29.4 Å². The van der Waals surface area contributed by atoms with Gasteiger partial charge in [-0.1, -0.05) is 109 Å². The van der Waals surface area contributed by atoms with Crippen LogP contribution in [-0.2, 0) is 6.18 Å². The van der Waals surface area contributed by atoms with Crippen molar-refractivity contribution in [2.45, 2.75) is 45.2 Å².